The Kier molecular flexibility index (Phi) is 5.72. The molecule has 4 N–H and O–H groups in total. The SMILES string of the molecule is c1ccc(-c2ccccc2NC[C@@H]2CCCN2)c(NC[C@@H]2CCCN2)c1. The van der Waals surface area contributed by atoms with Crippen LogP contribution in [0.3, 0.4) is 0 Å². The van der Waals surface area contributed by atoms with Crippen LogP contribution in [0.5, 0.6) is 0 Å². The minimum Gasteiger partial charge on any atom is -0.383 e. The predicted octanol–water partition coefficient (Wildman–Crippen LogP) is 3.68. The maximum Gasteiger partial charge on any atom is 0.0421 e. The number of benzene rings is 2. The Bertz CT molecular complexity index is 641. The number of rotatable bonds is 7. The van der Waals surface area contributed by atoms with E-state index in [9.17, 15) is 0 Å². The normalized spacial score (nSPS) is 22.5. The maximum absolute atomic E-state index is 3.68. The molecule has 2 atom stereocenters. The van der Waals surface area contributed by atoms with Crippen molar-refractivity contribution in [1.29, 1.82) is 0 Å². The van der Waals surface area contributed by atoms with Gasteiger partial charge in [0.2, 0.25) is 0 Å². The molecule has 2 fully saturated rings. The van der Waals surface area contributed by atoms with E-state index in [1.54, 1.807) is 0 Å². The van der Waals surface area contributed by atoms with Crippen LogP contribution in [0.1, 0.15) is 25.7 Å². The van der Waals surface area contributed by atoms with Gasteiger partial charge in [0.05, 0.1) is 0 Å². The van der Waals surface area contributed by atoms with Crippen LogP contribution in [-0.4, -0.2) is 38.3 Å². The molecule has 2 heterocycles. The summed E-state index contributed by atoms with van der Waals surface area (Å²) in [6, 6.07) is 18.5. The Labute approximate surface area is 156 Å². The minimum atomic E-state index is 0.588. The third-order valence-corrected chi connectivity index (χ3v) is 5.55. The van der Waals surface area contributed by atoms with Crippen LogP contribution in [0.15, 0.2) is 48.5 Å². The molecule has 0 saturated carbocycles. The van der Waals surface area contributed by atoms with Gasteiger partial charge in [0.1, 0.15) is 0 Å². The highest BCUT2D eigenvalue weighted by atomic mass is 15.0. The molecule has 0 radical (unpaired) electrons. The highest BCUT2D eigenvalue weighted by Crippen LogP contribution is 2.33. The molecule has 2 aromatic carbocycles. The zero-order chi connectivity index (χ0) is 17.6. The standard InChI is InChI=1S/C22H30N4/c1-3-11-21(25-15-17-7-5-13-23-17)19(9-1)20-10-2-4-12-22(20)26-16-18-8-6-14-24-18/h1-4,9-12,17-18,23-26H,5-8,13-16H2/t17-,18-/m0/s1. The van der Waals surface area contributed by atoms with Gasteiger partial charge in [-0.15, -0.1) is 0 Å². The molecular weight excluding hydrogens is 320 g/mol. The molecule has 2 aliphatic rings. The molecular formula is C22H30N4. The van der Waals surface area contributed by atoms with E-state index in [1.807, 2.05) is 0 Å². The predicted molar refractivity (Wildman–Crippen MR) is 111 cm³/mol. The summed E-state index contributed by atoms with van der Waals surface area (Å²) in [5.74, 6) is 0. The molecule has 138 valence electrons. The quantitative estimate of drug-likeness (QED) is 0.615. The lowest BCUT2D eigenvalue weighted by atomic mass is 10.0. The Balaban J connectivity index is 1.51. The minimum absolute atomic E-state index is 0.588. The van der Waals surface area contributed by atoms with Gasteiger partial charge in [0.15, 0.2) is 0 Å². The van der Waals surface area contributed by atoms with Crippen molar-refractivity contribution in [3.63, 3.8) is 0 Å². The molecule has 4 heteroatoms. The number of hydrogen-bond acceptors (Lipinski definition) is 4. The largest absolute Gasteiger partial charge is 0.383 e. The van der Waals surface area contributed by atoms with Crippen molar-refractivity contribution in [3.8, 4) is 11.1 Å². The van der Waals surface area contributed by atoms with Gasteiger partial charge in [0, 0.05) is 47.7 Å². The number of anilines is 2. The van der Waals surface area contributed by atoms with Gasteiger partial charge >= 0.3 is 0 Å². The van der Waals surface area contributed by atoms with Crippen molar-refractivity contribution in [1.82, 2.24) is 10.6 Å². The van der Waals surface area contributed by atoms with Crippen LogP contribution in [0.2, 0.25) is 0 Å². The van der Waals surface area contributed by atoms with Crippen LogP contribution in [-0.2, 0) is 0 Å². The molecule has 0 spiro atoms. The van der Waals surface area contributed by atoms with Crippen molar-refractivity contribution in [2.45, 2.75) is 37.8 Å². The second-order valence-electron chi connectivity index (χ2n) is 7.44. The number of nitrogens with one attached hydrogen (secondary N) is 4. The van der Waals surface area contributed by atoms with E-state index in [2.05, 4.69) is 69.8 Å². The van der Waals surface area contributed by atoms with Crippen LogP contribution >= 0.6 is 0 Å². The van der Waals surface area contributed by atoms with Gasteiger partial charge in [-0.3, -0.25) is 0 Å². The monoisotopic (exact) mass is 350 g/mol. The van der Waals surface area contributed by atoms with E-state index >= 15 is 0 Å². The summed E-state index contributed by atoms with van der Waals surface area (Å²) >= 11 is 0. The molecule has 0 amide bonds. The van der Waals surface area contributed by atoms with E-state index in [0.29, 0.717) is 12.1 Å². The Morgan fingerprint density at radius 1 is 0.692 bits per heavy atom. The fourth-order valence-corrected chi connectivity index (χ4v) is 4.07. The van der Waals surface area contributed by atoms with E-state index in [-0.39, 0.29) is 0 Å². The van der Waals surface area contributed by atoms with Gasteiger partial charge < -0.3 is 21.3 Å². The van der Waals surface area contributed by atoms with E-state index in [0.717, 1.165) is 26.2 Å². The lowest BCUT2D eigenvalue weighted by Crippen LogP contribution is -2.29. The first-order valence-corrected chi connectivity index (χ1v) is 10.0. The molecule has 26 heavy (non-hydrogen) atoms. The summed E-state index contributed by atoms with van der Waals surface area (Å²) < 4.78 is 0. The molecule has 0 unspecified atom stereocenters. The Hall–Kier alpha value is -2.04. The van der Waals surface area contributed by atoms with E-state index < -0.39 is 0 Å². The molecule has 2 aliphatic heterocycles. The summed E-state index contributed by atoms with van der Waals surface area (Å²) in [6.45, 7) is 4.27. The molecule has 2 aromatic rings. The molecule has 4 nitrogen and oxygen atoms in total. The summed E-state index contributed by atoms with van der Waals surface area (Å²) in [5, 5.41) is 14.5. The van der Waals surface area contributed by atoms with E-state index in [1.165, 1.54) is 48.2 Å². The third kappa shape index (κ3) is 4.19. The fraction of sp³-hybridized carbons (Fsp3) is 0.455. The molecule has 0 bridgehead atoms. The molecule has 2 saturated heterocycles. The smallest absolute Gasteiger partial charge is 0.0421 e. The maximum atomic E-state index is 3.68. The Morgan fingerprint density at radius 3 is 1.58 bits per heavy atom. The Morgan fingerprint density at radius 2 is 1.15 bits per heavy atom. The first kappa shape index (κ1) is 17.4. The van der Waals surface area contributed by atoms with Crippen molar-refractivity contribution in [2.24, 2.45) is 0 Å². The van der Waals surface area contributed by atoms with E-state index in [4.69, 9.17) is 0 Å². The fourth-order valence-electron chi connectivity index (χ4n) is 4.07. The average Bonchev–Trinajstić information content (AvgIpc) is 3.39. The summed E-state index contributed by atoms with van der Waals surface area (Å²) in [4.78, 5) is 0. The van der Waals surface area contributed by atoms with Gasteiger partial charge in [-0.05, 0) is 50.9 Å². The zero-order valence-electron chi connectivity index (χ0n) is 15.4. The average molecular weight is 351 g/mol. The first-order chi connectivity index (χ1) is 12.9. The van der Waals surface area contributed by atoms with Crippen LogP contribution < -0.4 is 21.3 Å². The lowest BCUT2D eigenvalue weighted by molar-refractivity contribution is 0.633. The summed E-state index contributed by atoms with van der Waals surface area (Å²) in [7, 11) is 0. The van der Waals surface area contributed by atoms with Gasteiger partial charge in [0.25, 0.3) is 0 Å². The zero-order valence-corrected chi connectivity index (χ0v) is 15.4. The van der Waals surface area contributed by atoms with Gasteiger partial charge in [-0.2, -0.15) is 0 Å². The first-order valence-electron chi connectivity index (χ1n) is 10.0. The molecule has 4 rings (SSSR count). The second-order valence-corrected chi connectivity index (χ2v) is 7.44. The highest BCUT2D eigenvalue weighted by molar-refractivity contribution is 5.86. The van der Waals surface area contributed by atoms with Crippen molar-refractivity contribution >= 4 is 11.4 Å². The highest BCUT2D eigenvalue weighted by Gasteiger charge is 2.16. The van der Waals surface area contributed by atoms with Crippen LogP contribution in [0, 0.1) is 0 Å². The van der Waals surface area contributed by atoms with Crippen molar-refractivity contribution in [2.75, 3.05) is 36.8 Å². The van der Waals surface area contributed by atoms with Crippen LogP contribution in [0.4, 0.5) is 11.4 Å². The number of hydrogen-bond donors (Lipinski definition) is 4. The van der Waals surface area contributed by atoms with Crippen molar-refractivity contribution < 1.29 is 0 Å². The van der Waals surface area contributed by atoms with Gasteiger partial charge in [-0.1, -0.05) is 36.4 Å². The summed E-state index contributed by atoms with van der Waals surface area (Å²) in [6.07, 6.45) is 5.11. The van der Waals surface area contributed by atoms with Gasteiger partial charge in [-0.25, -0.2) is 0 Å². The third-order valence-electron chi connectivity index (χ3n) is 5.55. The number of para-hydroxylation sites is 2. The summed E-state index contributed by atoms with van der Waals surface area (Å²) in [5.41, 5.74) is 4.98. The topological polar surface area (TPSA) is 48.1 Å². The molecule has 0 aliphatic carbocycles. The van der Waals surface area contributed by atoms with Crippen molar-refractivity contribution in [3.05, 3.63) is 48.5 Å². The molecule has 0 aromatic heterocycles. The lowest BCUT2D eigenvalue weighted by Gasteiger charge is -2.19. The van der Waals surface area contributed by atoms with Crippen LogP contribution in [0.25, 0.3) is 11.1 Å². The second kappa shape index (κ2) is 8.56.